The van der Waals surface area contributed by atoms with E-state index >= 15 is 0 Å². The number of unbranched alkanes of at least 4 members (excludes halogenated alkanes) is 4. The first-order chi connectivity index (χ1) is 9.89. The number of hydrogen-bond acceptors (Lipinski definition) is 1. The Labute approximate surface area is 128 Å². The largest absolute Gasteiger partial charge is 0.390 e. The summed E-state index contributed by atoms with van der Waals surface area (Å²) in [5.74, 6) is 0. The molecule has 22 heavy (non-hydrogen) atoms. The zero-order valence-corrected chi connectivity index (χ0v) is 13.5. The van der Waals surface area contributed by atoms with Gasteiger partial charge in [0.05, 0.1) is 12.8 Å². The lowest BCUT2D eigenvalue weighted by atomic mass is 9.84. The van der Waals surface area contributed by atoms with Gasteiger partial charge in [-0.3, -0.25) is 0 Å². The van der Waals surface area contributed by atoms with Crippen LogP contribution in [0.15, 0.2) is 0 Å². The highest BCUT2D eigenvalue weighted by Gasteiger charge is 2.48. The van der Waals surface area contributed by atoms with Crippen molar-refractivity contribution in [3.8, 4) is 0 Å². The fourth-order valence-corrected chi connectivity index (χ4v) is 2.86. The summed E-state index contributed by atoms with van der Waals surface area (Å²) in [4.78, 5) is 0. The van der Waals surface area contributed by atoms with Gasteiger partial charge in [-0.1, -0.05) is 52.9 Å². The van der Waals surface area contributed by atoms with Gasteiger partial charge >= 0.3 is 12.4 Å². The Morgan fingerprint density at radius 1 is 0.773 bits per heavy atom. The van der Waals surface area contributed by atoms with Crippen LogP contribution in [0.2, 0.25) is 0 Å². The van der Waals surface area contributed by atoms with Gasteiger partial charge in [0, 0.05) is 11.6 Å². The molecule has 1 N–H and O–H groups in total. The Kier molecular flexibility index (Phi) is 8.80. The predicted octanol–water partition coefficient (Wildman–Crippen LogP) is 5.99. The third-order valence-corrected chi connectivity index (χ3v) is 3.43. The zero-order valence-electron chi connectivity index (χ0n) is 13.5. The molecule has 0 fully saturated rings. The van der Waals surface area contributed by atoms with E-state index in [1.54, 1.807) is 13.8 Å². The normalized spacial score (nSPS) is 13.9. The van der Waals surface area contributed by atoms with E-state index in [4.69, 9.17) is 0 Å². The summed E-state index contributed by atoms with van der Waals surface area (Å²) in [6.07, 6.45) is -8.50. The Hall–Kier alpha value is -0.460. The van der Waals surface area contributed by atoms with Crippen LogP contribution in [0.1, 0.15) is 72.1 Å². The number of nitrogens with one attached hydrogen (secondary N) is 1. The third-order valence-electron chi connectivity index (χ3n) is 3.43. The van der Waals surface area contributed by atoms with Crippen LogP contribution >= 0.6 is 0 Å². The van der Waals surface area contributed by atoms with Crippen molar-refractivity contribution in [2.45, 2.75) is 96.1 Å². The molecule has 0 aliphatic heterocycles. The summed E-state index contributed by atoms with van der Waals surface area (Å²) >= 11 is 0. The first-order valence-corrected chi connectivity index (χ1v) is 7.80. The molecule has 134 valence electrons. The Bertz CT molecular complexity index is 279. The molecule has 0 spiro atoms. The predicted molar refractivity (Wildman–Crippen MR) is 75.7 cm³/mol. The van der Waals surface area contributed by atoms with Crippen LogP contribution in [0.4, 0.5) is 26.3 Å². The summed E-state index contributed by atoms with van der Waals surface area (Å²) in [7, 11) is 0. The number of alkyl halides is 6. The summed E-state index contributed by atoms with van der Waals surface area (Å²) in [6.45, 7) is 5.13. The first kappa shape index (κ1) is 21.5. The molecule has 0 radical (unpaired) electrons. The minimum Gasteiger partial charge on any atom is -0.308 e. The van der Waals surface area contributed by atoms with Gasteiger partial charge in [0.1, 0.15) is 0 Å². The molecule has 0 saturated carbocycles. The molecule has 0 aliphatic carbocycles. The second kappa shape index (κ2) is 8.99. The van der Waals surface area contributed by atoms with Gasteiger partial charge in [-0.2, -0.15) is 26.3 Å². The van der Waals surface area contributed by atoms with Gasteiger partial charge in [0.25, 0.3) is 0 Å². The molecule has 0 aromatic heterocycles. The molecule has 0 amide bonds. The van der Waals surface area contributed by atoms with Crippen LogP contribution in [-0.2, 0) is 0 Å². The lowest BCUT2D eigenvalue weighted by Gasteiger charge is -2.38. The Morgan fingerprint density at radius 2 is 1.23 bits per heavy atom. The average molecular weight is 335 g/mol. The van der Waals surface area contributed by atoms with E-state index in [0.717, 1.165) is 19.3 Å². The lowest BCUT2D eigenvalue weighted by molar-refractivity contribution is -0.184. The van der Waals surface area contributed by atoms with Crippen LogP contribution < -0.4 is 5.32 Å². The fourth-order valence-electron chi connectivity index (χ4n) is 2.86. The van der Waals surface area contributed by atoms with Gasteiger partial charge in [-0.15, -0.1) is 0 Å². The minimum absolute atomic E-state index is 0.117. The quantitative estimate of drug-likeness (QED) is 0.382. The highest BCUT2D eigenvalue weighted by atomic mass is 19.4. The average Bonchev–Trinajstić information content (AvgIpc) is 2.22. The van der Waals surface area contributed by atoms with Gasteiger partial charge in [0.2, 0.25) is 0 Å². The molecule has 0 aliphatic rings. The smallest absolute Gasteiger partial charge is 0.308 e. The maximum absolute atomic E-state index is 12.8. The van der Waals surface area contributed by atoms with Gasteiger partial charge in [-0.25, -0.2) is 0 Å². The minimum atomic E-state index is -4.63. The van der Waals surface area contributed by atoms with Crippen LogP contribution in [0.25, 0.3) is 0 Å². The first-order valence-electron chi connectivity index (χ1n) is 7.80. The molecule has 7 heteroatoms. The molecule has 1 nitrogen and oxygen atoms in total. The highest BCUT2D eigenvalue weighted by Crippen LogP contribution is 2.39. The molecule has 0 aromatic rings. The van der Waals surface area contributed by atoms with Crippen LogP contribution in [0.5, 0.6) is 0 Å². The standard InChI is InChI=1S/C15H27F6N/c1-4-5-6-7-8-9-13(22-12(2)3,10-14(16,17)18)11-15(19,20)21/h12,22H,4-11H2,1-3H3. The van der Waals surface area contributed by atoms with E-state index in [0.29, 0.717) is 12.8 Å². The maximum atomic E-state index is 12.8. The lowest BCUT2D eigenvalue weighted by Crippen LogP contribution is -2.53. The topological polar surface area (TPSA) is 12.0 Å². The summed E-state index contributed by atoms with van der Waals surface area (Å²) < 4.78 is 76.8. The Morgan fingerprint density at radius 3 is 1.59 bits per heavy atom. The number of hydrogen-bond donors (Lipinski definition) is 1. The molecular weight excluding hydrogens is 308 g/mol. The maximum Gasteiger partial charge on any atom is 0.390 e. The third kappa shape index (κ3) is 11.2. The highest BCUT2D eigenvalue weighted by molar-refractivity contribution is 4.93. The van der Waals surface area contributed by atoms with Crippen molar-refractivity contribution in [1.82, 2.24) is 5.32 Å². The number of halogens is 6. The van der Waals surface area contributed by atoms with Gasteiger partial charge < -0.3 is 5.32 Å². The molecule has 0 bridgehead atoms. The summed E-state index contributed by atoms with van der Waals surface area (Å²) in [5, 5.41) is 2.56. The number of rotatable bonds is 10. The SMILES string of the molecule is CCCCCCCC(CC(F)(F)F)(CC(F)(F)F)NC(C)C. The summed E-state index contributed by atoms with van der Waals surface area (Å²) in [5.41, 5.74) is -1.96. The van der Waals surface area contributed by atoms with E-state index in [1.807, 2.05) is 6.92 Å². The van der Waals surface area contributed by atoms with Crippen molar-refractivity contribution in [3.63, 3.8) is 0 Å². The monoisotopic (exact) mass is 335 g/mol. The molecule has 0 rings (SSSR count). The van der Waals surface area contributed by atoms with Crippen LogP contribution in [-0.4, -0.2) is 23.9 Å². The molecule has 0 aromatic carbocycles. The summed E-state index contributed by atoms with van der Waals surface area (Å²) in [6, 6.07) is -0.444. The fraction of sp³-hybridized carbons (Fsp3) is 1.00. The van der Waals surface area contributed by atoms with Gasteiger partial charge in [-0.05, 0) is 6.42 Å². The van der Waals surface area contributed by atoms with Crippen molar-refractivity contribution < 1.29 is 26.3 Å². The van der Waals surface area contributed by atoms with Crippen molar-refractivity contribution in [3.05, 3.63) is 0 Å². The Balaban J connectivity index is 5.01. The van der Waals surface area contributed by atoms with Crippen LogP contribution in [0, 0.1) is 0 Å². The van der Waals surface area contributed by atoms with Crippen molar-refractivity contribution in [1.29, 1.82) is 0 Å². The molecule has 0 atom stereocenters. The van der Waals surface area contributed by atoms with E-state index in [1.165, 1.54) is 0 Å². The molecule has 0 heterocycles. The van der Waals surface area contributed by atoms with Crippen molar-refractivity contribution in [2.75, 3.05) is 0 Å². The van der Waals surface area contributed by atoms with Crippen molar-refractivity contribution in [2.24, 2.45) is 0 Å². The van der Waals surface area contributed by atoms with E-state index in [2.05, 4.69) is 5.32 Å². The zero-order chi connectivity index (χ0) is 17.4. The molecule has 0 unspecified atom stereocenters. The van der Waals surface area contributed by atoms with Crippen LogP contribution in [0.3, 0.4) is 0 Å². The van der Waals surface area contributed by atoms with E-state index in [-0.39, 0.29) is 6.42 Å². The second-order valence-electron chi connectivity index (χ2n) is 6.33. The van der Waals surface area contributed by atoms with Gasteiger partial charge in [0.15, 0.2) is 0 Å². The van der Waals surface area contributed by atoms with Crippen molar-refractivity contribution >= 4 is 0 Å². The van der Waals surface area contributed by atoms with E-state index in [9.17, 15) is 26.3 Å². The molecular formula is C15H27F6N. The molecule has 0 saturated heterocycles. The van der Waals surface area contributed by atoms with E-state index < -0.39 is 36.8 Å². The second-order valence-corrected chi connectivity index (χ2v) is 6.33.